The monoisotopic (exact) mass is 227 g/mol. The van der Waals surface area contributed by atoms with Crippen LogP contribution in [0.3, 0.4) is 0 Å². The maximum atomic E-state index is 4.24. The van der Waals surface area contributed by atoms with Gasteiger partial charge >= 0.3 is 0 Å². The molecule has 0 bridgehead atoms. The molecule has 0 aliphatic carbocycles. The zero-order valence-electron chi connectivity index (χ0n) is 11.2. The van der Waals surface area contributed by atoms with Crippen molar-refractivity contribution in [1.29, 1.82) is 0 Å². The Kier molecular flexibility index (Phi) is 3.19. The average Bonchev–Trinajstić information content (AvgIpc) is 2.29. The van der Waals surface area contributed by atoms with Gasteiger partial charge in [0.15, 0.2) is 0 Å². The van der Waals surface area contributed by atoms with Gasteiger partial charge in [0.2, 0.25) is 0 Å². The van der Waals surface area contributed by atoms with E-state index in [9.17, 15) is 0 Å². The van der Waals surface area contributed by atoms with Crippen LogP contribution in [0.25, 0.3) is 10.8 Å². The molecule has 0 amide bonds. The molecule has 1 heteroatoms. The van der Waals surface area contributed by atoms with Crippen molar-refractivity contribution in [3.8, 4) is 0 Å². The first-order chi connectivity index (χ1) is 8.04. The third-order valence-electron chi connectivity index (χ3n) is 3.62. The molecule has 0 fully saturated rings. The molecule has 17 heavy (non-hydrogen) atoms. The number of hydrogen-bond donors (Lipinski definition) is 0. The molecular weight excluding hydrogens is 206 g/mol. The molecule has 0 atom stereocenters. The Morgan fingerprint density at radius 1 is 1.18 bits per heavy atom. The summed E-state index contributed by atoms with van der Waals surface area (Å²) >= 11 is 0. The van der Waals surface area contributed by atoms with E-state index in [-0.39, 0.29) is 5.41 Å². The van der Waals surface area contributed by atoms with Crippen LogP contribution in [-0.2, 0) is 5.41 Å². The Morgan fingerprint density at radius 2 is 1.94 bits per heavy atom. The highest BCUT2D eigenvalue weighted by Crippen LogP contribution is 2.31. The molecule has 0 saturated heterocycles. The first-order valence-electron chi connectivity index (χ1n) is 6.39. The molecule has 2 aromatic rings. The molecule has 0 radical (unpaired) electrons. The van der Waals surface area contributed by atoms with E-state index in [1.165, 1.54) is 34.7 Å². The second kappa shape index (κ2) is 4.48. The molecule has 0 saturated carbocycles. The lowest BCUT2D eigenvalue weighted by Crippen LogP contribution is -2.16. The van der Waals surface area contributed by atoms with Gasteiger partial charge in [-0.15, -0.1) is 0 Å². The fraction of sp³-hybridized carbons (Fsp3) is 0.438. The first kappa shape index (κ1) is 12.1. The van der Waals surface area contributed by atoms with Crippen molar-refractivity contribution in [2.45, 2.75) is 46.0 Å². The largest absolute Gasteiger partial charge is 0.264 e. The Bertz CT molecular complexity index is 526. The number of aromatic nitrogens is 1. The van der Waals surface area contributed by atoms with E-state index >= 15 is 0 Å². The van der Waals surface area contributed by atoms with Gasteiger partial charge in [0.25, 0.3) is 0 Å². The van der Waals surface area contributed by atoms with Gasteiger partial charge in [0.1, 0.15) is 0 Å². The van der Waals surface area contributed by atoms with Gasteiger partial charge in [-0.05, 0) is 35.3 Å². The second-order valence-corrected chi connectivity index (χ2v) is 5.53. The lowest BCUT2D eigenvalue weighted by molar-refractivity contribution is 0.473. The predicted octanol–water partition coefficient (Wildman–Crippen LogP) is 4.62. The maximum Gasteiger partial charge on any atom is 0.0346 e. The van der Waals surface area contributed by atoms with Crippen molar-refractivity contribution in [3.63, 3.8) is 0 Å². The third-order valence-corrected chi connectivity index (χ3v) is 3.62. The first-order valence-corrected chi connectivity index (χ1v) is 6.39. The SMILES string of the molecule is CCCC(C)(C)c1ccc2cncc(C)c2c1. The molecular formula is C16H21N. The van der Waals surface area contributed by atoms with Crippen LogP contribution >= 0.6 is 0 Å². The number of aryl methyl sites for hydroxylation is 1. The highest BCUT2D eigenvalue weighted by Gasteiger charge is 2.19. The molecule has 0 unspecified atom stereocenters. The zero-order chi connectivity index (χ0) is 12.5. The Hall–Kier alpha value is -1.37. The van der Waals surface area contributed by atoms with E-state index in [4.69, 9.17) is 0 Å². The summed E-state index contributed by atoms with van der Waals surface area (Å²) in [4.78, 5) is 4.24. The summed E-state index contributed by atoms with van der Waals surface area (Å²) in [6, 6.07) is 6.78. The number of nitrogens with zero attached hydrogens (tertiary/aromatic N) is 1. The van der Waals surface area contributed by atoms with Crippen LogP contribution in [0.1, 0.15) is 44.7 Å². The van der Waals surface area contributed by atoms with Gasteiger partial charge < -0.3 is 0 Å². The highest BCUT2D eigenvalue weighted by molar-refractivity contribution is 5.85. The molecule has 0 N–H and O–H groups in total. The van der Waals surface area contributed by atoms with Crippen molar-refractivity contribution in [2.75, 3.05) is 0 Å². The minimum Gasteiger partial charge on any atom is -0.264 e. The average molecular weight is 227 g/mol. The van der Waals surface area contributed by atoms with Crippen LogP contribution in [0.2, 0.25) is 0 Å². The Morgan fingerprint density at radius 3 is 2.65 bits per heavy atom. The van der Waals surface area contributed by atoms with E-state index in [1.807, 2.05) is 12.4 Å². The number of hydrogen-bond acceptors (Lipinski definition) is 1. The lowest BCUT2D eigenvalue weighted by Gasteiger charge is -2.25. The molecule has 0 spiro atoms. The van der Waals surface area contributed by atoms with Gasteiger partial charge in [-0.1, -0.05) is 45.4 Å². The summed E-state index contributed by atoms with van der Waals surface area (Å²) in [6.45, 7) is 9.03. The molecule has 90 valence electrons. The van der Waals surface area contributed by atoms with Crippen molar-refractivity contribution >= 4 is 10.8 Å². The fourth-order valence-electron chi connectivity index (χ4n) is 2.50. The summed E-state index contributed by atoms with van der Waals surface area (Å²) in [5.41, 5.74) is 2.95. The van der Waals surface area contributed by atoms with Crippen LogP contribution < -0.4 is 0 Å². The normalized spacial score (nSPS) is 12.0. The van der Waals surface area contributed by atoms with Gasteiger partial charge in [0.05, 0.1) is 0 Å². The number of rotatable bonds is 3. The Labute approximate surface area is 104 Å². The minimum absolute atomic E-state index is 0.263. The lowest BCUT2D eigenvalue weighted by atomic mass is 9.80. The van der Waals surface area contributed by atoms with E-state index in [1.54, 1.807) is 0 Å². The molecule has 2 rings (SSSR count). The van der Waals surface area contributed by atoms with Crippen molar-refractivity contribution in [2.24, 2.45) is 0 Å². The molecule has 0 aliphatic rings. The van der Waals surface area contributed by atoms with Crippen molar-refractivity contribution in [1.82, 2.24) is 4.98 Å². The quantitative estimate of drug-likeness (QED) is 0.745. The van der Waals surface area contributed by atoms with Crippen LogP contribution in [0.5, 0.6) is 0 Å². The van der Waals surface area contributed by atoms with Gasteiger partial charge in [0, 0.05) is 17.8 Å². The minimum atomic E-state index is 0.263. The van der Waals surface area contributed by atoms with E-state index in [2.05, 4.69) is 50.9 Å². The topological polar surface area (TPSA) is 12.9 Å². The second-order valence-electron chi connectivity index (χ2n) is 5.53. The zero-order valence-corrected chi connectivity index (χ0v) is 11.2. The molecule has 0 aliphatic heterocycles. The summed E-state index contributed by atoms with van der Waals surface area (Å²) in [5.74, 6) is 0. The van der Waals surface area contributed by atoms with Gasteiger partial charge in [-0.25, -0.2) is 0 Å². The molecule has 1 aromatic carbocycles. The van der Waals surface area contributed by atoms with Crippen LogP contribution in [0.4, 0.5) is 0 Å². The van der Waals surface area contributed by atoms with Crippen LogP contribution in [-0.4, -0.2) is 4.98 Å². The maximum absolute atomic E-state index is 4.24. The summed E-state index contributed by atoms with van der Waals surface area (Å²) in [5, 5.41) is 2.57. The Balaban J connectivity index is 2.54. The number of benzene rings is 1. The third kappa shape index (κ3) is 2.33. The van der Waals surface area contributed by atoms with Crippen molar-refractivity contribution < 1.29 is 0 Å². The smallest absolute Gasteiger partial charge is 0.0346 e. The van der Waals surface area contributed by atoms with Gasteiger partial charge in [-0.2, -0.15) is 0 Å². The van der Waals surface area contributed by atoms with Crippen molar-refractivity contribution in [3.05, 3.63) is 41.7 Å². The molecule has 1 nitrogen and oxygen atoms in total. The standard InChI is InChI=1S/C16H21N/c1-5-8-16(3,4)14-7-6-13-11-17-10-12(2)15(13)9-14/h6-7,9-11H,5,8H2,1-4H3. The van der Waals surface area contributed by atoms with E-state index in [0.29, 0.717) is 0 Å². The van der Waals surface area contributed by atoms with E-state index < -0.39 is 0 Å². The fourth-order valence-corrected chi connectivity index (χ4v) is 2.50. The van der Waals surface area contributed by atoms with Crippen LogP contribution in [0.15, 0.2) is 30.6 Å². The summed E-state index contributed by atoms with van der Waals surface area (Å²) in [7, 11) is 0. The molecule has 1 heterocycles. The van der Waals surface area contributed by atoms with E-state index in [0.717, 1.165) is 0 Å². The van der Waals surface area contributed by atoms with Crippen LogP contribution in [0, 0.1) is 6.92 Å². The number of pyridine rings is 1. The predicted molar refractivity (Wildman–Crippen MR) is 74.4 cm³/mol. The molecule has 1 aromatic heterocycles. The highest BCUT2D eigenvalue weighted by atomic mass is 14.6. The summed E-state index contributed by atoms with van der Waals surface area (Å²) < 4.78 is 0. The number of fused-ring (bicyclic) bond motifs is 1. The summed E-state index contributed by atoms with van der Waals surface area (Å²) in [6.07, 6.45) is 6.33. The van der Waals surface area contributed by atoms with Gasteiger partial charge in [-0.3, -0.25) is 4.98 Å².